The van der Waals surface area contributed by atoms with E-state index in [1.165, 1.54) is 5.56 Å². The molecular formula is C14H16N2O. The van der Waals surface area contributed by atoms with Crippen molar-refractivity contribution in [3.8, 4) is 11.6 Å². The fourth-order valence-electron chi connectivity index (χ4n) is 1.58. The number of aromatic nitrogens is 1. The Labute approximate surface area is 101 Å². The first-order valence-corrected chi connectivity index (χ1v) is 5.68. The van der Waals surface area contributed by atoms with Crippen molar-refractivity contribution in [3.05, 3.63) is 53.7 Å². The predicted molar refractivity (Wildman–Crippen MR) is 68.2 cm³/mol. The summed E-state index contributed by atoms with van der Waals surface area (Å²) >= 11 is 0. The van der Waals surface area contributed by atoms with E-state index in [1.807, 2.05) is 43.3 Å². The number of nitrogens with zero attached hydrogens (tertiary/aromatic N) is 1. The van der Waals surface area contributed by atoms with Gasteiger partial charge in [0, 0.05) is 11.8 Å². The molecule has 0 saturated carbocycles. The molecule has 0 atom stereocenters. The Kier molecular flexibility index (Phi) is 3.73. The topological polar surface area (TPSA) is 48.1 Å². The summed E-state index contributed by atoms with van der Waals surface area (Å²) in [5.41, 5.74) is 7.75. The molecule has 0 spiro atoms. The van der Waals surface area contributed by atoms with Gasteiger partial charge in [-0.25, -0.2) is 4.98 Å². The maximum absolute atomic E-state index is 5.70. The van der Waals surface area contributed by atoms with Gasteiger partial charge in [-0.1, -0.05) is 18.2 Å². The van der Waals surface area contributed by atoms with Crippen LogP contribution in [0.5, 0.6) is 11.6 Å². The van der Waals surface area contributed by atoms with Crippen LogP contribution in [0.1, 0.15) is 11.1 Å². The van der Waals surface area contributed by atoms with Gasteiger partial charge in [0.1, 0.15) is 5.75 Å². The fourth-order valence-corrected chi connectivity index (χ4v) is 1.58. The van der Waals surface area contributed by atoms with E-state index >= 15 is 0 Å². The first kappa shape index (κ1) is 11.6. The second-order valence-corrected chi connectivity index (χ2v) is 3.91. The Morgan fingerprint density at radius 2 is 1.94 bits per heavy atom. The molecule has 0 saturated heterocycles. The molecule has 2 aromatic rings. The quantitative estimate of drug-likeness (QED) is 0.875. The molecule has 2 N–H and O–H groups in total. The van der Waals surface area contributed by atoms with Crippen molar-refractivity contribution in [2.45, 2.75) is 13.3 Å². The third-order valence-corrected chi connectivity index (χ3v) is 2.53. The number of benzene rings is 1. The lowest BCUT2D eigenvalue weighted by molar-refractivity contribution is 0.459. The van der Waals surface area contributed by atoms with E-state index < -0.39 is 0 Å². The molecule has 0 radical (unpaired) electrons. The van der Waals surface area contributed by atoms with Crippen molar-refractivity contribution in [1.82, 2.24) is 4.98 Å². The van der Waals surface area contributed by atoms with E-state index in [9.17, 15) is 0 Å². The minimum absolute atomic E-state index is 0.652. The maximum Gasteiger partial charge on any atom is 0.222 e. The van der Waals surface area contributed by atoms with Gasteiger partial charge < -0.3 is 10.5 Å². The molecule has 0 amide bonds. The van der Waals surface area contributed by atoms with Crippen LogP contribution < -0.4 is 10.5 Å². The molecule has 88 valence electrons. The average molecular weight is 228 g/mol. The third-order valence-electron chi connectivity index (χ3n) is 2.53. The molecule has 1 heterocycles. The van der Waals surface area contributed by atoms with Gasteiger partial charge in [0.2, 0.25) is 5.88 Å². The largest absolute Gasteiger partial charge is 0.439 e. The summed E-state index contributed by atoms with van der Waals surface area (Å²) in [4.78, 5) is 4.19. The van der Waals surface area contributed by atoms with E-state index in [4.69, 9.17) is 10.5 Å². The van der Waals surface area contributed by atoms with Gasteiger partial charge in [-0.2, -0.15) is 0 Å². The second-order valence-electron chi connectivity index (χ2n) is 3.91. The highest BCUT2D eigenvalue weighted by Crippen LogP contribution is 2.22. The summed E-state index contributed by atoms with van der Waals surface area (Å²) in [7, 11) is 0. The molecule has 1 aromatic heterocycles. The van der Waals surface area contributed by atoms with Crippen LogP contribution in [0.2, 0.25) is 0 Å². The SMILES string of the molecule is Cc1cccnc1Oc1ccc(CCN)cc1. The van der Waals surface area contributed by atoms with E-state index in [-0.39, 0.29) is 0 Å². The third kappa shape index (κ3) is 3.04. The highest BCUT2D eigenvalue weighted by Gasteiger charge is 2.01. The number of hydrogen-bond donors (Lipinski definition) is 1. The fraction of sp³-hybridized carbons (Fsp3) is 0.214. The summed E-state index contributed by atoms with van der Waals surface area (Å²) in [6.07, 6.45) is 2.62. The Morgan fingerprint density at radius 3 is 2.59 bits per heavy atom. The minimum Gasteiger partial charge on any atom is -0.439 e. The number of nitrogens with two attached hydrogens (primary N) is 1. The zero-order valence-corrected chi connectivity index (χ0v) is 9.89. The lowest BCUT2D eigenvalue weighted by Gasteiger charge is -2.07. The van der Waals surface area contributed by atoms with Crippen LogP contribution in [0, 0.1) is 6.92 Å². The van der Waals surface area contributed by atoms with E-state index in [1.54, 1.807) is 6.20 Å². The van der Waals surface area contributed by atoms with Crippen LogP contribution in [0.3, 0.4) is 0 Å². The average Bonchev–Trinajstić information content (AvgIpc) is 2.35. The molecule has 0 aliphatic carbocycles. The van der Waals surface area contributed by atoms with Crippen molar-refractivity contribution in [3.63, 3.8) is 0 Å². The number of aryl methyl sites for hydroxylation is 1. The standard InChI is InChI=1S/C14H16N2O/c1-11-3-2-10-16-14(11)17-13-6-4-12(5-7-13)8-9-15/h2-7,10H,8-9,15H2,1H3. The Hall–Kier alpha value is -1.87. The summed E-state index contributed by atoms with van der Waals surface area (Å²) < 4.78 is 5.70. The monoisotopic (exact) mass is 228 g/mol. The van der Waals surface area contributed by atoms with E-state index in [2.05, 4.69) is 4.98 Å². The molecule has 0 unspecified atom stereocenters. The van der Waals surface area contributed by atoms with Gasteiger partial charge in [-0.15, -0.1) is 0 Å². The van der Waals surface area contributed by atoms with Crippen LogP contribution in [-0.4, -0.2) is 11.5 Å². The van der Waals surface area contributed by atoms with Crippen LogP contribution in [-0.2, 0) is 6.42 Å². The first-order chi connectivity index (χ1) is 8.29. The van der Waals surface area contributed by atoms with Crippen LogP contribution >= 0.6 is 0 Å². The zero-order valence-electron chi connectivity index (χ0n) is 9.89. The first-order valence-electron chi connectivity index (χ1n) is 5.68. The number of rotatable bonds is 4. The molecular weight excluding hydrogens is 212 g/mol. The number of ether oxygens (including phenoxy) is 1. The van der Waals surface area contributed by atoms with Crippen LogP contribution in [0.15, 0.2) is 42.6 Å². The van der Waals surface area contributed by atoms with Crippen molar-refractivity contribution in [1.29, 1.82) is 0 Å². The van der Waals surface area contributed by atoms with Gasteiger partial charge in [-0.05, 0) is 43.7 Å². The normalized spacial score (nSPS) is 10.2. The van der Waals surface area contributed by atoms with Crippen molar-refractivity contribution in [2.75, 3.05) is 6.54 Å². The Bertz CT molecular complexity index is 480. The lowest BCUT2D eigenvalue weighted by Crippen LogP contribution is -2.02. The number of pyridine rings is 1. The smallest absolute Gasteiger partial charge is 0.222 e. The molecule has 1 aromatic carbocycles. The lowest BCUT2D eigenvalue weighted by atomic mass is 10.1. The highest BCUT2D eigenvalue weighted by atomic mass is 16.5. The molecule has 0 aliphatic heterocycles. The molecule has 2 rings (SSSR count). The molecule has 17 heavy (non-hydrogen) atoms. The van der Waals surface area contributed by atoms with Crippen LogP contribution in [0.4, 0.5) is 0 Å². The predicted octanol–water partition coefficient (Wildman–Crippen LogP) is 2.68. The van der Waals surface area contributed by atoms with Crippen LogP contribution in [0.25, 0.3) is 0 Å². The van der Waals surface area contributed by atoms with E-state index in [0.29, 0.717) is 12.4 Å². The Balaban J connectivity index is 2.11. The maximum atomic E-state index is 5.70. The Morgan fingerprint density at radius 1 is 1.18 bits per heavy atom. The molecule has 3 heteroatoms. The highest BCUT2D eigenvalue weighted by molar-refractivity contribution is 5.33. The summed E-state index contributed by atoms with van der Waals surface area (Å²) in [5, 5.41) is 0. The van der Waals surface area contributed by atoms with Gasteiger partial charge in [0.25, 0.3) is 0 Å². The van der Waals surface area contributed by atoms with Crippen molar-refractivity contribution >= 4 is 0 Å². The van der Waals surface area contributed by atoms with Gasteiger partial charge >= 0.3 is 0 Å². The second kappa shape index (κ2) is 5.46. The molecule has 3 nitrogen and oxygen atoms in total. The van der Waals surface area contributed by atoms with Gasteiger partial charge in [0.15, 0.2) is 0 Å². The molecule has 0 bridgehead atoms. The molecule has 0 aliphatic rings. The summed E-state index contributed by atoms with van der Waals surface area (Å²) in [6, 6.07) is 11.8. The van der Waals surface area contributed by atoms with E-state index in [0.717, 1.165) is 17.7 Å². The summed E-state index contributed by atoms with van der Waals surface area (Å²) in [6.45, 7) is 2.64. The number of hydrogen-bond acceptors (Lipinski definition) is 3. The summed E-state index contributed by atoms with van der Waals surface area (Å²) in [5.74, 6) is 1.45. The van der Waals surface area contributed by atoms with Gasteiger partial charge in [-0.3, -0.25) is 0 Å². The minimum atomic E-state index is 0.652. The van der Waals surface area contributed by atoms with Gasteiger partial charge in [0.05, 0.1) is 0 Å². The van der Waals surface area contributed by atoms with Crippen molar-refractivity contribution in [2.24, 2.45) is 5.73 Å². The zero-order chi connectivity index (χ0) is 12.1. The van der Waals surface area contributed by atoms with Crippen molar-refractivity contribution < 1.29 is 4.74 Å². The molecule has 0 fully saturated rings.